The monoisotopic (exact) mass is 430 g/mol. The van der Waals surface area contributed by atoms with Crippen LogP contribution in [0.15, 0.2) is 54.6 Å². The van der Waals surface area contributed by atoms with E-state index in [2.05, 4.69) is 10.6 Å². The number of hydrogen-bond donors (Lipinski definition) is 2. The first-order valence-corrected chi connectivity index (χ1v) is 8.73. The van der Waals surface area contributed by atoms with Crippen molar-refractivity contribution in [3.8, 4) is 0 Å². The third-order valence-corrected chi connectivity index (χ3v) is 4.38. The molecule has 0 aliphatic carbocycles. The Morgan fingerprint density at radius 1 is 1.00 bits per heavy atom. The minimum Gasteiger partial charge on any atom is -0.346 e. The number of rotatable bonds is 5. The summed E-state index contributed by atoms with van der Waals surface area (Å²) in [4.78, 5) is 23.8. The third kappa shape index (κ3) is 6.28. The molecule has 0 spiro atoms. The molecule has 1 atom stereocenters. The summed E-state index contributed by atoms with van der Waals surface area (Å²) in [6.07, 6.45) is -2.49. The van der Waals surface area contributed by atoms with Crippen LogP contribution in [0.2, 0.25) is 10.0 Å². The van der Waals surface area contributed by atoms with Gasteiger partial charge in [0.15, 0.2) is 0 Å². The number of amides is 2. The maximum atomic E-state index is 12.8. The molecule has 0 saturated heterocycles. The van der Waals surface area contributed by atoms with Crippen molar-refractivity contribution in [2.45, 2.75) is 19.1 Å². The van der Waals surface area contributed by atoms with E-state index in [1.165, 1.54) is 37.3 Å². The number of alkyl halides is 3. The first-order valence-electron chi connectivity index (χ1n) is 7.98. The highest BCUT2D eigenvalue weighted by Crippen LogP contribution is 2.30. The summed E-state index contributed by atoms with van der Waals surface area (Å²) in [5.41, 5.74) is -0.124. The number of halogens is 5. The van der Waals surface area contributed by atoms with Crippen molar-refractivity contribution in [2.75, 3.05) is 5.32 Å². The second kappa shape index (κ2) is 9.12. The van der Waals surface area contributed by atoms with Crippen LogP contribution >= 0.6 is 23.2 Å². The summed E-state index contributed by atoms with van der Waals surface area (Å²) in [6, 6.07) is 8.46. The summed E-state index contributed by atoms with van der Waals surface area (Å²) in [7, 11) is 0. The first kappa shape index (κ1) is 21.8. The third-order valence-electron chi connectivity index (χ3n) is 3.65. The molecule has 0 radical (unpaired) electrons. The van der Waals surface area contributed by atoms with Crippen LogP contribution in [0.3, 0.4) is 0 Å². The summed E-state index contributed by atoms with van der Waals surface area (Å²) < 4.78 is 38.3. The van der Waals surface area contributed by atoms with Gasteiger partial charge >= 0.3 is 6.18 Å². The van der Waals surface area contributed by atoms with Crippen LogP contribution < -0.4 is 10.6 Å². The minimum absolute atomic E-state index is 0.260. The van der Waals surface area contributed by atoms with Gasteiger partial charge in [0.25, 0.3) is 0 Å². The van der Waals surface area contributed by atoms with Gasteiger partial charge in [-0.25, -0.2) is 0 Å². The smallest absolute Gasteiger partial charge is 0.346 e. The molecule has 0 aliphatic rings. The molecule has 0 bridgehead atoms. The van der Waals surface area contributed by atoms with Gasteiger partial charge in [-0.15, -0.1) is 0 Å². The normalized spacial score (nSPS) is 12.6. The molecule has 2 rings (SSSR count). The standard InChI is InChI=1S/C19H15Cl2F3N2O2/c1-11(12-3-2-4-13(9-12)19(22,23)24)25-17(27)7-8-18(28)26-14-5-6-15(20)16(21)10-14/h2-11H,1H3,(H,25,27)(H,26,28)/b8-7-. The maximum Gasteiger partial charge on any atom is 0.416 e. The first-order chi connectivity index (χ1) is 13.1. The molecule has 0 saturated carbocycles. The molecule has 148 valence electrons. The van der Waals surface area contributed by atoms with Gasteiger partial charge in [0.1, 0.15) is 0 Å². The molecule has 0 aromatic heterocycles. The summed E-state index contributed by atoms with van der Waals surface area (Å²) in [5.74, 6) is -1.21. The molecule has 0 fully saturated rings. The van der Waals surface area contributed by atoms with Crippen LogP contribution in [0.5, 0.6) is 0 Å². The predicted octanol–water partition coefficient (Wildman–Crippen LogP) is 5.38. The number of anilines is 1. The molecule has 0 heterocycles. The fourth-order valence-corrected chi connectivity index (χ4v) is 2.54. The predicted molar refractivity (Wildman–Crippen MR) is 102 cm³/mol. The highest BCUT2D eigenvalue weighted by Gasteiger charge is 2.30. The number of carbonyl (C=O) groups is 2. The van der Waals surface area contributed by atoms with Crippen LogP contribution in [-0.2, 0) is 15.8 Å². The molecule has 2 aromatic carbocycles. The van der Waals surface area contributed by atoms with Crippen molar-refractivity contribution in [3.05, 3.63) is 75.8 Å². The molecule has 4 nitrogen and oxygen atoms in total. The van der Waals surface area contributed by atoms with Gasteiger partial charge in [0, 0.05) is 17.8 Å². The van der Waals surface area contributed by atoms with Crippen molar-refractivity contribution >= 4 is 40.7 Å². The molecule has 9 heteroatoms. The van der Waals surface area contributed by atoms with Gasteiger partial charge < -0.3 is 10.6 Å². The zero-order valence-corrected chi connectivity index (χ0v) is 16.0. The Morgan fingerprint density at radius 3 is 2.32 bits per heavy atom. The van der Waals surface area contributed by atoms with Crippen LogP contribution in [0, 0.1) is 0 Å². The Hall–Kier alpha value is -2.51. The van der Waals surface area contributed by atoms with Crippen LogP contribution in [0.4, 0.5) is 18.9 Å². The molecular weight excluding hydrogens is 416 g/mol. The Balaban J connectivity index is 1.95. The summed E-state index contributed by atoms with van der Waals surface area (Å²) >= 11 is 11.6. The van der Waals surface area contributed by atoms with Crippen molar-refractivity contribution in [3.63, 3.8) is 0 Å². The van der Waals surface area contributed by atoms with E-state index in [0.29, 0.717) is 10.7 Å². The Labute approximate surface area is 169 Å². The van der Waals surface area contributed by atoms with E-state index in [9.17, 15) is 22.8 Å². The van der Waals surface area contributed by atoms with E-state index in [4.69, 9.17) is 23.2 Å². The largest absolute Gasteiger partial charge is 0.416 e. The topological polar surface area (TPSA) is 58.2 Å². The van der Waals surface area contributed by atoms with Crippen molar-refractivity contribution < 1.29 is 22.8 Å². The van der Waals surface area contributed by atoms with Gasteiger partial charge in [-0.3, -0.25) is 9.59 Å². The van der Waals surface area contributed by atoms with Crippen molar-refractivity contribution in [2.24, 2.45) is 0 Å². The lowest BCUT2D eigenvalue weighted by Crippen LogP contribution is -2.25. The van der Waals surface area contributed by atoms with Crippen LogP contribution in [0.25, 0.3) is 0 Å². The number of hydrogen-bond acceptors (Lipinski definition) is 2. The SMILES string of the molecule is CC(NC(=O)/C=C\C(=O)Nc1ccc(Cl)c(Cl)c1)c1cccc(C(F)(F)F)c1. The fourth-order valence-electron chi connectivity index (χ4n) is 2.24. The lowest BCUT2D eigenvalue weighted by molar-refractivity contribution is -0.137. The summed E-state index contributed by atoms with van der Waals surface area (Å²) in [6.45, 7) is 1.54. The van der Waals surface area contributed by atoms with E-state index in [-0.39, 0.29) is 10.6 Å². The van der Waals surface area contributed by atoms with E-state index >= 15 is 0 Å². The second-order valence-electron chi connectivity index (χ2n) is 5.80. The van der Waals surface area contributed by atoms with E-state index in [1.54, 1.807) is 0 Å². The second-order valence-corrected chi connectivity index (χ2v) is 6.62. The number of carbonyl (C=O) groups excluding carboxylic acids is 2. The quantitative estimate of drug-likeness (QED) is 0.625. The molecule has 2 amide bonds. The van der Waals surface area contributed by atoms with Gasteiger partial charge in [0.2, 0.25) is 11.8 Å². The van der Waals surface area contributed by atoms with Gasteiger partial charge in [-0.1, -0.05) is 35.3 Å². The molecule has 2 N–H and O–H groups in total. The zero-order valence-electron chi connectivity index (χ0n) is 14.5. The highest BCUT2D eigenvalue weighted by atomic mass is 35.5. The Kier molecular flexibility index (Phi) is 7.10. The molecule has 2 aromatic rings. The van der Waals surface area contributed by atoms with E-state index in [1.807, 2.05) is 0 Å². The molecule has 1 unspecified atom stereocenters. The van der Waals surface area contributed by atoms with E-state index in [0.717, 1.165) is 24.3 Å². The molecule has 0 aliphatic heterocycles. The van der Waals surface area contributed by atoms with Gasteiger partial charge in [-0.2, -0.15) is 13.2 Å². The van der Waals surface area contributed by atoms with Gasteiger partial charge in [0.05, 0.1) is 21.7 Å². The lowest BCUT2D eigenvalue weighted by Gasteiger charge is -2.15. The Bertz CT molecular complexity index is 914. The average molecular weight is 431 g/mol. The summed E-state index contributed by atoms with van der Waals surface area (Å²) in [5, 5.41) is 5.59. The van der Waals surface area contributed by atoms with Crippen molar-refractivity contribution in [1.29, 1.82) is 0 Å². The van der Waals surface area contributed by atoms with Crippen LogP contribution in [-0.4, -0.2) is 11.8 Å². The van der Waals surface area contributed by atoms with Gasteiger partial charge in [-0.05, 0) is 42.8 Å². The maximum absolute atomic E-state index is 12.8. The highest BCUT2D eigenvalue weighted by molar-refractivity contribution is 6.42. The average Bonchev–Trinajstić information content (AvgIpc) is 2.62. The van der Waals surface area contributed by atoms with Crippen LogP contribution in [0.1, 0.15) is 24.1 Å². The fraction of sp³-hybridized carbons (Fsp3) is 0.158. The zero-order chi connectivity index (χ0) is 20.9. The molecule has 28 heavy (non-hydrogen) atoms. The number of nitrogens with one attached hydrogen (secondary N) is 2. The number of benzene rings is 2. The minimum atomic E-state index is -4.47. The Morgan fingerprint density at radius 2 is 1.68 bits per heavy atom. The van der Waals surface area contributed by atoms with E-state index < -0.39 is 29.6 Å². The lowest BCUT2D eigenvalue weighted by atomic mass is 10.0. The van der Waals surface area contributed by atoms with Crippen molar-refractivity contribution in [1.82, 2.24) is 5.32 Å². The molecular formula is C19H15Cl2F3N2O2.